The number of nitrogens with zero attached hydrogens (tertiary/aromatic N) is 1. The highest BCUT2D eigenvalue weighted by atomic mass is 35.5. The molecule has 1 aliphatic rings. The minimum absolute atomic E-state index is 0.0613. The van der Waals surface area contributed by atoms with Crippen LogP contribution in [0.4, 0.5) is 5.69 Å². The number of para-hydroxylation sites is 1. The summed E-state index contributed by atoms with van der Waals surface area (Å²) in [6, 6.07) is 20.1. The number of carboxylic acid groups (broad SMARTS) is 1. The van der Waals surface area contributed by atoms with E-state index >= 15 is 0 Å². The molecule has 7 heteroatoms. The summed E-state index contributed by atoms with van der Waals surface area (Å²) in [5.74, 6) is -1.02. The lowest BCUT2D eigenvalue weighted by Crippen LogP contribution is -2.34. The second-order valence-corrected chi connectivity index (χ2v) is 9.11. The molecule has 1 saturated heterocycles. The minimum Gasteiger partial charge on any atom is -0.496 e. The largest absolute Gasteiger partial charge is 0.496 e. The van der Waals surface area contributed by atoms with Gasteiger partial charge in [0.15, 0.2) is 0 Å². The first-order valence-corrected chi connectivity index (χ1v) is 12.1. The number of amides is 1. The number of anilines is 1. The van der Waals surface area contributed by atoms with Gasteiger partial charge >= 0.3 is 5.97 Å². The SMILES string of the molecule is COc1cc(CC(=O)NC(c2ccc(Cl)cc2)c2ccccc2N2CCCCC2)ccc1C(=O)O. The summed E-state index contributed by atoms with van der Waals surface area (Å²) in [7, 11) is 1.42. The van der Waals surface area contributed by atoms with Crippen LogP contribution in [0.25, 0.3) is 0 Å². The van der Waals surface area contributed by atoms with Crippen LogP contribution in [-0.4, -0.2) is 37.2 Å². The first kappa shape index (κ1) is 24.6. The van der Waals surface area contributed by atoms with E-state index < -0.39 is 5.97 Å². The zero-order valence-electron chi connectivity index (χ0n) is 19.7. The molecule has 0 aliphatic carbocycles. The molecule has 0 spiro atoms. The lowest BCUT2D eigenvalue weighted by molar-refractivity contribution is -0.120. The van der Waals surface area contributed by atoms with Gasteiger partial charge in [0, 0.05) is 29.4 Å². The third-order valence-electron chi connectivity index (χ3n) is 6.31. The maximum atomic E-state index is 13.2. The summed E-state index contributed by atoms with van der Waals surface area (Å²) in [4.78, 5) is 27.0. The molecule has 3 aromatic rings. The monoisotopic (exact) mass is 492 g/mol. The fraction of sp³-hybridized carbons (Fsp3) is 0.286. The smallest absolute Gasteiger partial charge is 0.339 e. The van der Waals surface area contributed by atoms with Crippen LogP contribution in [0.15, 0.2) is 66.7 Å². The Hall–Kier alpha value is -3.51. The normalized spacial score (nSPS) is 14.3. The second-order valence-electron chi connectivity index (χ2n) is 8.68. The quantitative estimate of drug-likeness (QED) is 0.435. The van der Waals surface area contributed by atoms with Gasteiger partial charge in [-0.3, -0.25) is 4.79 Å². The van der Waals surface area contributed by atoms with Crippen molar-refractivity contribution in [1.29, 1.82) is 0 Å². The number of carboxylic acids is 1. The van der Waals surface area contributed by atoms with Crippen LogP contribution in [0.1, 0.15) is 52.4 Å². The van der Waals surface area contributed by atoms with E-state index in [0.717, 1.165) is 42.7 Å². The maximum Gasteiger partial charge on any atom is 0.339 e. The lowest BCUT2D eigenvalue weighted by Gasteiger charge is -2.33. The van der Waals surface area contributed by atoms with E-state index in [1.165, 1.54) is 19.6 Å². The molecule has 1 heterocycles. The number of hydrogen-bond acceptors (Lipinski definition) is 4. The number of carbonyl (C=O) groups excluding carboxylic acids is 1. The molecule has 2 N–H and O–H groups in total. The molecule has 1 unspecified atom stereocenters. The van der Waals surface area contributed by atoms with E-state index in [1.54, 1.807) is 12.1 Å². The minimum atomic E-state index is -1.07. The molecule has 4 rings (SSSR count). The Labute approximate surface area is 210 Å². The van der Waals surface area contributed by atoms with E-state index in [4.69, 9.17) is 16.3 Å². The number of rotatable bonds is 8. The van der Waals surface area contributed by atoms with Gasteiger partial charge in [-0.2, -0.15) is 0 Å². The molecule has 182 valence electrons. The highest BCUT2D eigenvalue weighted by molar-refractivity contribution is 6.30. The molecular weight excluding hydrogens is 464 g/mol. The van der Waals surface area contributed by atoms with Crippen molar-refractivity contribution in [3.8, 4) is 5.75 Å². The van der Waals surface area contributed by atoms with E-state index in [-0.39, 0.29) is 29.7 Å². The highest BCUT2D eigenvalue weighted by Crippen LogP contribution is 2.33. The number of halogens is 1. The van der Waals surface area contributed by atoms with Crippen molar-refractivity contribution >= 4 is 29.2 Å². The number of hydrogen-bond donors (Lipinski definition) is 2. The number of ether oxygens (including phenoxy) is 1. The zero-order chi connectivity index (χ0) is 24.8. The number of carbonyl (C=O) groups is 2. The van der Waals surface area contributed by atoms with Gasteiger partial charge < -0.3 is 20.1 Å². The Kier molecular flexibility index (Phi) is 7.93. The predicted octanol–water partition coefficient (Wildman–Crippen LogP) is 5.49. The third kappa shape index (κ3) is 5.95. The van der Waals surface area contributed by atoms with E-state index in [1.807, 2.05) is 36.4 Å². The standard InChI is InChI=1S/C28H29ClN2O4/c1-35-25-17-19(9-14-23(25)28(33)34)18-26(32)30-27(20-10-12-21(29)13-11-20)22-7-3-4-8-24(22)31-15-5-2-6-16-31/h3-4,7-14,17,27H,2,5-6,15-16,18H2,1H3,(H,30,32)(H,33,34). The zero-order valence-corrected chi connectivity index (χ0v) is 20.4. The second kappa shape index (κ2) is 11.3. The summed E-state index contributed by atoms with van der Waals surface area (Å²) in [6.45, 7) is 1.99. The van der Waals surface area contributed by atoms with Crippen molar-refractivity contribution < 1.29 is 19.4 Å². The molecule has 35 heavy (non-hydrogen) atoms. The summed E-state index contributed by atoms with van der Waals surface area (Å²) in [5, 5.41) is 13.2. The highest BCUT2D eigenvalue weighted by Gasteiger charge is 2.23. The predicted molar refractivity (Wildman–Crippen MR) is 138 cm³/mol. The molecule has 0 bridgehead atoms. The van der Waals surface area contributed by atoms with E-state index in [9.17, 15) is 14.7 Å². The molecule has 3 aromatic carbocycles. The van der Waals surface area contributed by atoms with Gasteiger partial charge in [0.2, 0.25) is 5.91 Å². The topological polar surface area (TPSA) is 78.9 Å². The Balaban J connectivity index is 1.63. The van der Waals surface area contributed by atoms with Crippen LogP contribution in [-0.2, 0) is 11.2 Å². The average molecular weight is 493 g/mol. The molecular formula is C28H29ClN2O4. The fourth-order valence-electron chi connectivity index (χ4n) is 4.57. The molecule has 1 fully saturated rings. The maximum absolute atomic E-state index is 13.2. The van der Waals surface area contributed by atoms with Crippen molar-refractivity contribution in [3.63, 3.8) is 0 Å². The summed E-state index contributed by atoms with van der Waals surface area (Å²) >= 11 is 6.14. The first-order chi connectivity index (χ1) is 17.0. The van der Waals surface area contributed by atoms with Crippen LogP contribution in [0, 0.1) is 0 Å². The Morgan fingerprint density at radius 3 is 2.43 bits per heavy atom. The van der Waals surface area contributed by atoms with Crippen LogP contribution in [0.5, 0.6) is 5.75 Å². The number of aromatic carboxylic acids is 1. The fourth-order valence-corrected chi connectivity index (χ4v) is 4.70. The van der Waals surface area contributed by atoms with Gasteiger partial charge in [0.05, 0.1) is 19.6 Å². The van der Waals surface area contributed by atoms with Crippen LogP contribution in [0.2, 0.25) is 5.02 Å². The third-order valence-corrected chi connectivity index (χ3v) is 6.57. The van der Waals surface area contributed by atoms with Gasteiger partial charge in [-0.25, -0.2) is 4.79 Å². The lowest BCUT2D eigenvalue weighted by atomic mass is 9.95. The molecule has 1 amide bonds. The summed E-state index contributed by atoms with van der Waals surface area (Å²) in [5.41, 5.74) is 3.82. The van der Waals surface area contributed by atoms with Gasteiger partial charge in [0.1, 0.15) is 11.3 Å². The molecule has 0 saturated carbocycles. The van der Waals surface area contributed by atoms with Crippen molar-refractivity contribution in [1.82, 2.24) is 5.32 Å². The number of nitrogens with one attached hydrogen (secondary N) is 1. The van der Waals surface area contributed by atoms with Gasteiger partial charge in [0.25, 0.3) is 0 Å². The molecule has 0 aromatic heterocycles. The Morgan fingerprint density at radius 2 is 1.74 bits per heavy atom. The van der Waals surface area contributed by atoms with E-state index in [0.29, 0.717) is 10.6 Å². The number of benzene rings is 3. The van der Waals surface area contributed by atoms with Crippen molar-refractivity contribution in [2.24, 2.45) is 0 Å². The van der Waals surface area contributed by atoms with Crippen molar-refractivity contribution in [2.45, 2.75) is 31.7 Å². The first-order valence-electron chi connectivity index (χ1n) is 11.7. The summed E-state index contributed by atoms with van der Waals surface area (Å²) in [6.07, 6.45) is 3.63. The Morgan fingerprint density at radius 1 is 1.03 bits per heavy atom. The molecule has 1 atom stereocenters. The van der Waals surface area contributed by atoms with Gasteiger partial charge in [-0.05, 0) is 60.7 Å². The van der Waals surface area contributed by atoms with Crippen LogP contribution < -0.4 is 15.0 Å². The van der Waals surface area contributed by atoms with Crippen molar-refractivity contribution in [2.75, 3.05) is 25.1 Å². The van der Waals surface area contributed by atoms with Gasteiger partial charge in [-0.15, -0.1) is 0 Å². The molecule has 1 aliphatic heterocycles. The van der Waals surface area contributed by atoms with Crippen LogP contribution in [0.3, 0.4) is 0 Å². The van der Waals surface area contributed by atoms with Crippen molar-refractivity contribution in [3.05, 3.63) is 94.0 Å². The Bertz CT molecular complexity index is 1190. The number of piperidine rings is 1. The average Bonchev–Trinajstić information content (AvgIpc) is 2.88. The molecule has 0 radical (unpaired) electrons. The van der Waals surface area contributed by atoms with Gasteiger partial charge in [-0.1, -0.05) is 48.0 Å². The van der Waals surface area contributed by atoms with E-state index in [2.05, 4.69) is 22.3 Å². The summed E-state index contributed by atoms with van der Waals surface area (Å²) < 4.78 is 5.21. The number of methoxy groups -OCH3 is 1. The molecule has 6 nitrogen and oxygen atoms in total. The van der Waals surface area contributed by atoms with Crippen LogP contribution >= 0.6 is 11.6 Å².